The lowest BCUT2D eigenvalue weighted by Crippen LogP contribution is -1.97. The highest BCUT2D eigenvalue weighted by Gasteiger charge is 2.03. The molecule has 0 amide bonds. The van der Waals surface area contributed by atoms with E-state index in [1.807, 2.05) is 0 Å². The predicted octanol–water partition coefficient (Wildman–Crippen LogP) is 3.75. The molecule has 0 aliphatic heterocycles. The summed E-state index contributed by atoms with van der Waals surface area (Å²) in [5.41, 5.74) is -0.0361. The van der Waals surface area contributed by atoms with E-state index in [-0.39, 0.29) is 5.69 Å². The van der Waals surface area contributed by atoms with Gasteiger partial charge in [0.05, 0.1) is 6.61 Å². The molecule has 0 heterocycles. The van der Waals surface area contributed by atoms with Crippen LogP contribution in [0.2, 0.25) is 0 Å². The Balaban J connectivity index is 2.48. The van der Waals surface area contributed by atoms with Crippen LogP contribution in [0.4, 0.5) is 10.1 Å². The molecule has 0 fully saturated rings. The first kappa shape index (κ1) is 13.4. The SMILES string of the molecule is CCCCCCOc1ccc(F)c(N=C=O)c1. The van der Waals surface area contributed by atoms with Gasteiger partial charge in [0.2, 0.25) is 6.08 Å². The third-order valence-electron chi connectivity index (χ3n) is 2.35. The second-order valence-electron chi connectivity index (χ2n) is 3.73. The van der Waals surface area contributed by atoms with Crippen LogP contribution in [0, 0.1) is 5.82 Å². The Morgan fingerprint density at radius 3 is 2.88 bits per heavy atom. The maximum Gasteiger partial charge on any atom is 0.240 e. The summed E-state index contributed by atoms with van der Waals surface area (Å²) in [7, 11) is 0. The molecule has 4 heteroatoms. The minimum atomic E-state index is -0.549. The second-order valence-corrected chi connectivity index (χ2v) is 3.73. The van der Waals surface area contributed by atoms with E-state index in [9.17, 15) is 9.18 Å². The number of halogens is 1. The van der Waals surface area contributed by atoms with Crippen LogP contribution in [-0.2, 0) is 4.79 Å². The molecule has 1 aromatic carbocycles. The van der Waals surface area contributed by atoms with Crippen molar-refractivity contribution in [1.29, 1.82) is 0 Å². The van der Waals surface area contributed by atoms with Crippen LogP contribution in [0.3, 0.4) is 0 Å². The first-order valence-electron chi connectivity index (χ1n) is 5.78. The smallest absolute Gasteiger partial charge is 0.240 e. The molecule has 0 aromatic heterocycles. The monoisotopic (exact) mass is 237 g/mol. The lowest BCUT2D eigenvalue weighted by molar-refractivity contribution is 0.305. The van der Waals surface area contributed by atoms with Crippen molar-refractivity contribution in [2.24, 2.45) is 4.99 Å². The molecule has 92 valence electrons. The largest absolute Gasteiger partial charge is 0.494 e. The summed E-state index contributed by atoms with van der Waals surface area (Å²) in [6.45, 7) is 2.74. The first-order valence-corrected chi connectivity index (χ1v) is 5.78. The van der Waals surface area contributed by atoms with E-state index >= 15 is 0 Å². The number of isocyanates is 1. The molecule has 0 N–H and O–H groups in total. The molecule has 0 spiro atoms. The molecule has 0 unspecified atom stereocenters. The maximum absolute atomic E-state index is 13.1. The Bertz CT molecular complexity index is 400. The number of benzene rings is 1. The third kappa shape index (κ3) is 4.79. The second kappa shape index (κ2) is 7.58. The van der Waals surface area contributed by atoms with E-state index in [0.29, 0.717) is 12.4 Å². The Hall–Kier alpha value is -1.67. The summed E-state index contributed by atoms with van der Waals surface area (Å²) < 4.78 is 18.6. The molecular formula is C13H16FNO2. The van der Waals surface area contributed by atoms with Gasteiger partial charge in [-0.15, -0.1) is 0 Å². The van der Waals surface area contributed by atoms with Gasteiger partial charge in [-0.3, -0.25) is 0 Å². The average Bonchev–Trinajstić information content (AvgIpc) is 2.33. The number of ether oxygens (including phenoxy) is 1. The van der Waals surface area contributed by atoms with Crippen LogP contribution in [0.25, 0.3) is 0 Å². The van der Waals surface area contributed by atoms with Crippen molar-refractivity contribution in [2.45, 2.75) is 32.6 Å². The molecule has 0 atom stereocenters. The highest BCUT2D eigenvalue weighted by atomic mass is 19.1. The van der Waals surface area contributed by atoms with Crippen molar-refractivity contribution >= 4 is 11.8 Å². The van der Waals surface area contributed by atoms with Crippen molar-refractivity contribution in [3.63, 3.8) is 0 Å². The number of aliphatic imine (C=N–C) groups is 1. The van der Waals surface area contributed by atoms with Gasteiger partial charge in [-0.1, -0.05) is 26.2 Å². The zero-order chi connectivity index (χ0) is 12.5. The fourth-order valence-electron chi connectivity index (χ4n) is 1.44. The minimum Gasteiger partial charge on any atom is -0.494 e. The summed E-state index contributed by atoms with van der Waals surface area (Å²) in [6, 6.07) is 4.16. The van der Waals surface area contributed by atoms with Crippen LogP contribution in [0.5, 0.6) is 5.75 Å². The van der Waals surface area contributed by atoms with Crippen molar-refractivity contribution in [1.82, 2.24) is 0 Å². The van der Waals surface area contributed by atoms with Crippen molar-refractivity contribution < 1.29 is 13.9 Å². The number of nitrogens with zero attached hydrogens (tertiary/aromatic N) is 1. The standard InChI is InChI=1S/C13H16FNO2/c1-2-3-4-5-8-17-11-6-7-12(14)13(9-11)15-10-16/h6-7,9H,2-5,8H2,1H3. The maximum atomic E-state index is 13.1. The van der Waals surface area contributed by atoms with E-state index in [0.717, 1.165) is 12.8 Å². The first-order chi connectivity index (χ1) is 8.27. The van der Waals surface area contributed by atoms with Crippen LogP contribution < -0.4 is 4.74 Å². The van der Waals surface area contributed by atoms with E-state index in [1.54, 1.807) is 0 Å². The Morgan fingerprint density at radius 1 is 1.35 bits per heavy atom. The highest BCUT2D eigenvalue weighted by Crippen LogP contribution is 2.23. The number of rotatable bonds is 7. The molecule has 1 aromatic rings. The van der Waals surface area contributed by atoms with Gasteiger partial charge in [-0.25, -0.2) is 9.18 Å². The number of hydrogen-bond donors (Lipinski definition) is 0. The van der Waals surface area contributed by atoms with Gasteiger partial charge in [0.15, 0.2) is 0 Å². The molecule has 3 nitrogen and oxygen atoms in total. The van der Waals surface area contributed by atoms with Gasteiger partial charge >= 0.3 is 0 Å². The summed E-state index contributed by atoms with van der Waals surface area (Å²) in [5.74, 6) is -0.0245. The minimum absolute atomic E-state index is 0.0361. The van der Waals surface area contributed by atoms with E-state index in [2.05, 4.69) is 11.9 Å². The van der Waals surface area contributed by atoms with Crippen molar-refractivity contribution in [3.8, 4) is 5.75 Å². The lowest BCUT2D eigenvalue weighted by atomic mass is 10.2. The lowest BCUT2D eigenvalue weighted by Gasteiger charge is -2.06. The van der Waals surface area contributed by atoms with E-state index in [1.165, 1.54) is 37.1 Å². The normalized spacial score (nSPS) is 9.76. The molecule has 0 aliphatic carbocycles. The van der Waals surface area contributed by atoms with Crippen molar-refractivity contribution in [3.05, 3.63) is 24.0 Å². The zero-order valence-corrected chi connectivity index (χ0v) is 9.91. The summed E-state index contributed by atoms with van der Waals surface area (Å²) in [5, 5.41) is 0. The van der Waals surface area contributed by atoms with Crippen molar-refractivity contribution in [2.75, 3.05) is 6.61 Å². The van der Waals surface area contributed by atoms with Gasteiger partial charge in [0, 0.05) is 6.07 Å². The van der Waals surface area contributed by atoms with Crippen LogP contribution in [0.1, 0.15) is 32.6 Å². The zero-order valence-electron chi connectivity index (χ0n) is 9.91. The van der Waals surface area contributed by atoms with E-state index < -0.39 is 5.82 Å². The fraction of sp³-hybridized carbons (Fsp3) is 0.462. The summed E-state index contributed by atoms with van der Waals surface area (Å²) in [4.78, 5) is 13.3. The Morgan fingerprint density at radius 2 is 2.18 bits per heavy atom. The number of unbranched alkanes of at least 4 members (excludes halogenated alkanes) is 3. The van der Waals surface area contributed by atoms with Gasteiger partial charge in [0.25, 0.3) is 0 Å². The van der Waals surface area contributed by atoms with Gasteiger partial charge in [-0.05, 0) is 18.6 Å². The van der Waals surface area contributed by atoms with Gasteiger partial charge in [-0.2, -0.15) is 4.99 Å². The summed E-state index contributed by atoms with van der Waals surface area (Å²) in [6.07, 6.45) is 5.77. The van der Waals surface area contributed by atoms with Gasteiger partial charge < -0.3 is 4.74 Å². The molecular weight excluding hydrogens is 221 g/mol. The Kier molecular flexibility index (Phi) is 5.97. The van der Waals surface area contributed by atoms with Gasteiger partial charge in [0.1, 0.15) is 17.3 Å². The van der Waals surface area contributed by atoms with Crippen LogP contribution in [0.15, 0.2) is 23.2 Å². The third-order valence-corrected chi connectivity index (χ3v) is 2.35. The molecule has 0 radical (unpaired) electrons. The molecule has 0 aliphatic rings. The van der Waals surface area contributed by atoms with Crippen LogP contribution in [-0.4, -0.2) is 12.7 Å². The topological polar surface area (TPSA) is 38.7 Å². The summed E-state index contributed by atoms with van der Waals surface area (Å²) >= 11 is 0. The number of hydrogen-bond acceptors (Lipinski definition) is 3. The quantitative estimate of drug-likeness (QED) is 0.411. The highest BCUT2D eigenvalue weighted by molar-refractivity contribution is 5.52. The van der Waals surface area contributed by atoms with E-state index in [4.69, 9.17) is 4.74 Å². The fourth-order valence-corrected chi connectivity index (χ4v) is 1.44. The number of carbonyl (C=O) groups excluding carboxylic acids is 1. The Labute approximate surface area is 100 Å². The molecule has 0 bridgehead atoms. The molecule has 1 rings (SSSR count). The van der Waals surface area contributed by atoms with Crippen LogP contribution >= 0.6 is 0 Å². The predicted molar refractivity (Wildman–Crippen MR) is 63.8 cm³/mol. The average molecular weight is 237 g/mol. The molecule has 0 saturated carbocycles. The molecule has 17 heavy (non-hydrogen) atoms. The molecule has 0 saturated heterocycles.